The van der Waals surface area contributed by atoms with E-state index in [0.29, 0.717) is 15.7 Å². The second-order valence-corrected chi connectivity index (χ2v) is 10.0. The number of ether oxygens (including phenoxy) is 1. The van der Waals surface area contributed by atoms with E-state index in [1.165, 1.54) is 18.2 Å². The Morgan fingerprint density at radius 2 is 1.67 bits per heavy atom. The van der Waals surface area contributed by atoms with Gasteiger partial charge in [-0.3, -0.25) is 4.79 Å². The maximum absolute atomic E-state index is 12.6. The third-order valence-electron chi connectivity index (χ3n) is 4.65. The van der Waals surface area contributed by atoms with E-state index in [1.807, 2.05) is 0 Å². The van der Waals surface area contributed by atoms with Crippen molar-refractivity contribution in [1.29, 1.82) is 0 Å². The van der Waals surface area contributed by atoms with Crippen molar-refractivity contribution in [3.8, 4) is 5.75 Å². The molecule has 0 bridgehead atoms. The largest absolute Gasteiger partial charge is 0.482 e. The average molecular weight is 492 g/mol. The van der Waals surface area contributed by atoms with E-state index in [2.05, 4.69) is 10.0 Å². The first-order valence-corrected chi connectivity index (χ1v) is 12.1. The molecule has 1 amide bonds. The molecule has 0 radical (unpaired) electrons. The zero-order valence-electron chi connectivity index (χ0n) is 16.0. The Morgan fingerprint density at radius 1 is 1.00 bits per heavy atom. The summed E-state index contributed by atoms with van der Waals surface area (Å²) < 4.78 is 33.3. The van der Waals surface area contributed by atoms with Gasteiger partial charge >= 0.3 is 0 Å². The van der Waals surface area contributed by atoms with Crippen LogP contribution in [0.3, 0.4) is 0 Å². The molecule has 2 N–H and O–H groups in total. The minimum absolute atomic E-state index is 0.0536. The summed E-state index contributed by atoms with van der Waals surface area (Å²) in [6.45, 7) is -0.323. The Balaban J connectivity index is 1.60. The normalized spacial score (nSPS) is 15.0. The number of carbonyl (C=O) groups is 1. The Morgan fingerprint density at radius 3 is 2.30 bits per heavy atom. The summed E-state index contributed by atoms with van der Waals surface area (Å²) in [5.74, 6) is -0.243. The first kappa shape index (κ1) is 23.2. The van der Waals surface area contributed by atoms with Gasteiger partial charge in [0.05, 0.1) is 9.92 Å². The summed E-state index contributed by atoms with van der Waals surface area (Å²) in [7, 11) is -3.67. The van der Waals surface area contributed by atoms with Gasteiger partial charge in [0.1, 0.15) is 5.75 Å². The summed E-state index contributed by atoms with van der Waals surface area (Å²) in [5.41, 5.74) is 0.433. The molecule has 2 aromatic rings. The summed E-state index contributed by atoms with van der Waals surface area (Å²) in [4.78, 5) is 12.2. The molecule has 10 heteroatoms. The van der Waals surface area contributed by atoms with Crippen LogP contribution in [0.15, 0.2) is 41.3 Å². The Bertz CT molecular complexity index is 1000. The van der Waals surface area contributed by atoms with E-state index in [0.717, 1.165) is 32.1 Å². The van der Waals surface area contributed by atoms with Crippen LogP contribution in [0.2, 0.25) is 15.1 Å². The number of hydrogen-bond acceptors (Lipinski definition) is 4. The van der Waals surface area contributed by atoms with Crippen LogP contribution in [0, 0.1) is 0 Å². The van der Waals surface area contributed by atoms with E-state index in [4.69, 9.17) is 39.5 Å². The molecule has 30 heavy (non-hydrogen) atoms. The fraction of sp³-hybridized carbons (Fsp3) is 0.350. The maximum atomic E-state index is 12.6. The predicted molar refractivity (Wildman–Crippen MR) is 119 cm³/mol. The summed E-state index contributed by atoms with van der Waals surface area (Å²) in [5, 5.41) is 3.49. The fourth-order valence-electron chi connectivity index (χ4n) is 3.24. The fourth-order valence-corrected chi connectivity index (χ4v) is 5.40. The molecule has 1 saturated carbocycles. The summed E-state index contributed by atoms with van der Waals surface area (Å²) in [6, 6.07) is 8.75. The molecule has 0 atom stereocenters. The third kappa shape index (κ3) is 6.49. The molecule has 1 fully saturated rings. The Hall–Kier alpha value is -1.51. The van der Waals surface area contributed by atoms with Crippen LogP contribution in [0.5, 0.6) is 5.75 Å². The number of rotatable bonds is 7. The van der Waals surface area contributed by atoms with E-state index >= 15 is 0 Å². The predicted octanol–water partition coefficient (Wildman–Crippen LogP) is 5.28. The van der Waals surface area contributed by atoms with Crippen molar-refractivity contribution >= 4 is 56.4 Å². The summed E-state index contributed by atoms with van der Waals surface area (Å²) in [6.07, 6.45) is 4.84. The van der Waals surface area contributed by atoms with Gasteiger partial charge in [-0.15, -0.1) is 0 Å². The molecule has 0 heterocycles. The summed E-state index contributed by atoms with van der Waals surface area (Å²) >= 11 is 18.0. The molecule has 0 unspecified atom stereocenters. The highest BCUT2D eigenvalue weighted by Crippen LogP contribution is 2.28. The first-order chi connectivity index (χ1) is 14.2. The minimum Gasteiger partial charge on any atom is -0.482 e. The smallest absolute Gasteiger partial charge is 0.262 e. The number of sulfonamides is 1. The minimum atomic E-state index is -3.67. The molecule has 2 aromatic carbocycles. The Labute approximate surface area is 190 Å². The topological polar surface area (TPSA) is 84.5 Å². The van der Waals surface area contributed by atoms with E-state index in [9.17, 15) is 13.2 Å². The van der Waals surface area contributed by atoms with Crippen molar-refractivity contribution in [3.63, 3.8) is 0 Å². The highest BCUT2D eigenvalue weighted by molar-refractivity contribution is 7.89. The van der Waals surface area contributed by atoms with Crippen molar-refractivity contribution in [3.05, 3.63) is 51.5 Å². The lowest BCUT2D eigenvalue weighted by Crippen LogP contribution is -2.36. The number of nitrogens with one attached hydrogen (secondary N) is 2. The van der Waals surface area contributed by atoms with Gasteiger partial charge in [0, 0.05) is 21.8 Å². The van der Waals surface area contributed by atoms with E-state index in [-0.39, 0.29) is 28.3 Å². The lowest BCUT2D eigenvalue weighted by molar-refractivity contribution is -0.118. The van der Waals surface area contributed by atoms with Crippen LogP contribution >= 0.6 is 34.8 Å². The van der Waals surface area contributed by atoms with Gasteiger partial charge in [-0.1, -0.05) is 54.1 Å². The van der Waals surface area contributed by atoms with Gasteiger partial charge in [-0.2, -0.15) is 0 Å². The Kier molecular flexibility index (Phi) is 7.87. The second kappa shape index (κ2) is 10.2. The van der Waals surface area contributed by atoms with E-state index in [1.54, 1.807) is 18.2 Å². The number of halogens is 3. The molecule has 6 nitrogen and oxygen atoms in total. The van der Waals surface area contributed by atoms with Crippen molar-refractivity contribution in [2.24, 2.45) is 0 Å². The van der Waals surface area contributed by atoms with E-state index < -0.39 is 15.9 Å². The third-order valence-corrected chi connectivity index (χ3v) is 6.90. The van der Waals surface area contributed by atoms with Crippen LogP contribution in [0.4, 0.5) is 5.69 Å². The standard InChI is InChI=1S/C20H21Cl3N2O4S/c21-13-8-14(22)10-16(9-13)24-20(26)12-29-19-7-6-17(11-18(19)23)30(27,28)25-15-4-2-1-3-5-15/h6-11,15,25H,1-5,12H2,(H,24,26). The van der Waals surface area contributed by atoms with Crippen molar-refractivity contribution in [1.82, 2.24) is 4.72 Å². The molecular weight excluding hydrogens is 471 g/mol. The highest BCUT2D eigenvalue weighted by Gasteiger charge is 2.22. The van der Waals surface area contributed by atoms with Crippen molar-refractivity contribution in [2.45, 2.75) is 43.0 Å². The zero-order valence-corrected chi connectivity index (χ0v) is 19.0. The number of carbonyl (C=O) groups excluding carboxylic acids is 1. The first-order valence-electron chi connectivity index (χ1n) is 9.43. The quantitative estimate of drug-likeness (QED) is 0.552. The molecule has 0 saturated heterocycles. The SMILES string of the molecule is O=C(COc1ccc(S(=O)(=O)NC2CCCCC2)cc1Cl)Nc1cc(Cl)cc(Cl)c1. The molecule has 3 rings (SSSR count). The number of anilines is 1. The van der Waals surface area contributed by atoms with Gasteiger partial charge in [-0.05, 0) is 49.2 Å². The molecule has 0 aromatic heterocycles. The van der Waals surface area contributed by atoms with Crippen molar-refractivity contribution < 1.29 is 17.9 Å². The monoisotopic (exact) mass is 490 g/mol. The molecule has 1 aliphatic carbocycles. The number of amides is 1. The molecule has 162 valence electrons. The van der Waals surface area contributed by atoms with Gasteiger partial charge in [-0.25, -0.2) is 13.1 Å². The molecule has 0 spiro atoms. The van der Waals surface area contributed by atoms with Crippen molar-refractivity contribution in [2.75, 3.05) is 11.9 Å². The van der Waals surface area contributed by atoms with Crippen LogP contribution in [-0.4, -0.2) is 27.0 Å². The second-order valence-electron chi connectivity index (χ2n) is 7.04. The number of hydrogen-bond donors (Lipinski definition) is 2. The van der Waals surface area contributed by atoms with Crippen LogP contribution in [0.1, 0.15) is 32.1 Å². The van der Waals surface area contributed by atoms with Crippen LogP contribution in [-0.2, 0) is 14.8 Å². The maximum Gasteiger partial charge on any atom is 0.262 e. The zero-order chi connectivity index (χ0) is 21.7. The molecule has 0 aliphatic heterocycles. The van der Waals surface area contributed by atoms with Crippen LogP contribution in [0.25, 0.3) is 0 Å². The highest BCUT2D eigenvalue weighted by atomic mass is 35.5. The molecular formula is C20H21Cl3N2O4S. The van der Waals surface area contributed by atoms with Gasteiger partial charge < -0.3 is 10.1 Å². The van der Waals surface area contributed by atoms with Crippen LogP contribution < -0.4 is 14.8 Å². The lowest BCUT2D eigenvalue weighted by atomic mass is 9.96. The molecule has 1 aliphatic rings. The number of benzene rings is 2. The van der Waals surface area contributed by atoms with Gasteiger partial charge in [0.15, 0.2) is 6.61 Å². The average Bonchev–Trinajstić information content (AvgIpc) is 2.66. The lowest BCUT2D eigenvalue weighted by Gasteiger charge is -2.22. The van der Waals surface area contributed by atoms with Gasteiger partial charge in [0.2, 0.25) is 10.0 Å². The van der Waals surface area contributed by atoms with Gasteiger partial charge in [0.25, 0.3) is 5.91 Å².